The van der Waals surface area contributed by atoms with E-state index in [4.69, 9.17) is 11.6 Å². The number of nitrogens with zero attached hydrogens (tertiary/aromatic N) is 4. The van der Waals surface area contributed by atoms with Gasteiger partial charge in [0.15, 0.2) is 0 Å². The molecule has 1 aromatic carbocycles. The van der Waals surface area contributed by atoms with Gasteiger partial charge in [-0.1, -0.05) is 12.1 Å². The van der Waals surface area contributed by atoms with Crippen LogP contribution in [0.1, 0.15) is 29.4 Å². The molecular weight excluding hydrogens is 272 g/mol. The van der Waals surface area contributed by atoms with Crippen LogP contribution in [0.25, 0.3) is 11.0 Å². The summed E-state index contributed by atoms with van der Waals surface area (Å²) < 4.78 is 4.08. The second-order valence-corrected chi connectivity index (χ2v) is 5.72. The number of halogens is 1. The van der Waals surface area contributed by atoms with E-state index in [2.05, 4.69) is 27.6 Å². The molecule has 2 aromatic heterocycles. The summed E-state index contributed by atoms with van der Waals surface area (Å²) >= 11 is 6.31. The second kappa shape index (κ2) is 4.94. The molecule has 3 aromatic rings. The maximum Gasteiger partial charge on any atom is 0.128 e. The topological polar surface area (TPSA) is 35.6 Å². The van der Waals surface area contributed by atoms with Gasteiger partial charge in [0, 0.05) is 13.2 Å². The number of hydrogen-bond donors (Lipinski definition) is 0. The highest BCUT2D eigenvalue weighted by Gasteiger charge is 2.17. The lowest BCUT2D eigenvalue weighted by atomic mass is 10.2. The third kappa shape index (κ3) is 2.10. The minimum Gasteiger partial charge on any atom is -0.320 e. The molecule has 0 aliphatic heterocycles. The van der Waals surface area contributed by atoms with Gasteiger partial charge in [-0.25, -0.2) is 4.98 Å². The highest BCUT2D eigenvalue weighted by atomic mass is 35.5. The molecule has 0 fully saturated rings. The molecule has 0 spiro atoms. The molecule has 0 saturated heterocycles. The fraction of sp³-hybridized carbons (Fsp3) is 0.333. The number of aryl methyl sites for hydroxylation is 2. The van der Waals surface area contributed by atoms with Gasteiger partial charge in [-0.3, -0.25) is 4.68 Å². The van der Waals surface area contributed by atoms with Crippen molar-refractivity contribution >= 4 is 22.6 Å². The molecule has 3 rings (SSSR count). The summed E-state index contributed by atoms with van der Waals surface area (Å²) in [5, 5.41) is 4.09. The first kappa shape index (κ1) is 13.2. The van der Waals surface area contributed by atoms with E-state index in [-0.39, 0.29) is 5.38 Å². The van der Waals surface area contributed by atoms with Crippen molar-refractivity contribution in [2.45, 2.75) is 25.8 Å². The van der Waals surface area contributed by atoms with Gasteiger partial charge in [-0.15, -0.1) is 11.6 Å². The molecule has 0 aliphatic carbocycles. The molecule has 0 amide bonds. The average molecular weight is 289 g/mol. The number of aromatic nitrogens is 4. The summed E-state index contributed by atoms with van der Waals surface area (Å²) in [5.41, 5.74) is 4.48. The molecule has 104 valence electrons. The van der Waals surface area contributed by atoms with Crippen LogP contribution in [-0.2, 0) is 13.6 Å². The zero-order valence-corrected chi connectivity index (χ0v) is 12.6. The van der Waals surface area contributed by atoms with E-state index in [0.29, 0.717) is 0 Å². The number of alkyl halides is 1. The number of imidazole rings is 1. The van der Waals surface area contributed by atoms with E-state index in [9.17, 15) is 0 Å². The van der Waals surface area contributed by atoms with Crippen LogP contribution in [0, 0.1) is 6.92 Å². The Morgan fingerprint density at radius 1 is 1.30 bits per heavy atom. The lowest BCUT2D eigenvalue weighted by Crippen LogP contribution is -2.09. The van der Waals surface area contributed by atoms with Gasteiger partial charge in [0.2, 0.25) is 0 Å². The van der Waals surface area contributed by atoms with Gasteiger partial charge in [0.25, 0.3) is 0 Å². The Bertz CT molecular complexity index is 754. The number of para-hydroxylation sites is 1. The molecule has 0 aliphatic rings. The maximum atomic E-state index is 6.31. The van der Waals surface area contributed by atoms with Crippen LogP contribution in [0.3, 0.4) is 0 Å². The summed E-state index contributed by atoms with van der Waals surface area (Å²) in [6, 6.07) is 8.19. The van der Waals surface area contributed by atoms with E-state index >= 15 is 0 Å². The van der Waals surface area contributed by atoms with Crippen molar-refractivity contribution in [3.05, 3.63) is 47.5 Å². The SMILES string of the molecule is Cc1cccc2nc(C(C)Cl)n(Cc3ccnn3C)c12. The molecule has 0 saturated carbocycles. The summed E-state index contributed by atoms with van der Waals surface area (Å²) in [4.78, 5) is 4.68. The van der Waals surface area contributed by atoms with E-state index < -0.39 is 0 Å². The van der Waals surface area contributed by atoms with E-state index in [1.807, 2.05) is 43.0 Å². The normalized spacial score (nSPS) is 13.0. The van der Waals surface area contributed by atoms with Crippen molar-refractivity contribution in [3.8, 4) is 0 Å². The number of rotatable bonds is 3. The molecule has 1 atom stereocenters. The predicted octanol–water partition coefficient (Wildman–Crippen LogP) is 3.43. The molecule has 1 unspecified atom stereocenters. The minimum absolute atomic E-state index is 0.130. The van der Waals surface area contributed by atoms with Crippen molar-refractivity contribution in [2.75, 3.05) is 0 Å². The number of benzene rings is 1. The zero-order chi connectivity index (χ0) is 14.3. The molecule has 0 bridgehead atoms. The minimum atomic E-state index is -0.130. The van der Waals surface area contributed by atoms with Crippen molar-refractivity contribution < 1.29 is 0 Å². The molecule has 20 heavy (non-hydrogen) atoms. The van der Waals surface area contributed by atoms with Crippen LogP contribution in [0.2, 0.25) is 0 Å². The summed E-state index contributed by atoms with van der Waals surface area (Å²) in [5.74, 6) is 0.900. The van der Waals surface area contributed by atoms with Crippen LogP contribution in [0.4, 0.5) is 0 Å². The van der Waals surface area contributed by atoms with Crippen LogP contribution in [0.15, 0.2) is 30.5 Å². The summed E-state index contributed by atoms with van der Waals surface area (Å²) in [6.07, 6.45) is 1.81. The van der Waals surface area contributed by atoms with Gasteiger partial charge in [-0.2, -0.15) is 5.10 Å². The molecule has 0 N–H and O–H groups in total. The Balaban J connectivity index is 2.21. The average Bonchev–Trinajstić information content (AvgIpc) is 2.96. The predicted molar refractivity (Wildman–Crippen MR) is 81.0 cm³/mol. The largest absolute Gasteiger partial charge is 0.320 e. The second-order valence-electron chi connectivity index (χ2n) is 5.06. The smallest absolute Gasteiger partial charge is 0.128 e. The summed E-state index contributed by atoms with van der Waals surface area (Å²) in [7, 11) is 1.95. The Morgan fingerprint density at radius 3 is 2.75 bits per heavy atom. The zero-order valence-electron chi connectivity index (χ0n) is 11.8. The van der Waals surface area contributed by atoms with E-state index in [0.717, 1.165) is 29.1 Å². The number of hydrogen-bond acceptors (Lipinski definition) is 2. The molecule has 4 nitrogen and oxygen atoms in total. The van der Waals surface area contributed by atoms with E-state index in [1.54, 1.807) is 0 Å². The molecule has 5 heteroatoms. The molecule has 0 radical (unpaired) electrons. The fourth-order valence-corrected chi connectivity index (χ4v) is 2.73. The van der Waals surface area contributed by atoms with Crippen LogP contribution in [0.5, 0.6) is 0 Å². The van der Waals surface area contributed by atoms with Gasteiger partial charge in [0.05, 0.1) is 28.6 Å². The van der Waals surface area contributed by atoms with Crippen LogP contribution < -0.4 is 0 Å². The third-order valence-electron chi connectivity index (χ3n) is 3.60. The van der Waals surface area contributed by atoms with Crippen molar-refractivity contribution in [2.24, 2.45) is 7.05 Å². The molecular formula is C15H17ClN4. The lowest BCUT2D eigenvalue weighted by Gasteiger charge is -2.11. The van der Waals surface area contributed by atoms with Crippen molar-refractivity contribution in [1.29, 1.82) is 0 Å². The maximum absolute atomic E-state index is 6.31. The summed E-state index contributed by atoms with van der Waals surface area (Å²) in [6.45, 7) is 4.79. The number of fused-ring (bicyclic) bond motifs is 1. The quantitative estimate of drug-likeness (QED) is 0.692. The van der Waals surface area contributed by atoms with Gasteiger partial charge in [0.1, 0.15) is 5.82 Å². The van der Waals surface area contributed by atoms with Crippen LogP contribution >= 0.6 is 11.6 Å². The highest BCUT2D eigenvalue weighted by molar-refractivity contribution is 6.20. The Labute approximate surface area is 123 Å². The Kier molecular flexibility index (Phi) is 3.26. The van der Waals surface area contributed by atoms with Crippen molar-refractivity contribution in [1.82, 2.24) is 19.3 Å². The lowest BCUT2D eigenvalue weighted by molar-refractivity contribution is 0.653. The fourth-order valence-electron chi connectivity index (χ4n) is 2.57. The highest BCUT2D eigenvalue weighted by Crippen LogP contribution is 2.27. The monoisotopic (exact) mass is 288 g/mol. The standard InChI is InChI=1S/C15H17ClN4/c1-10-5-4-6-13-14(10)20(15(18-13)11(2)16)9-12-7-8-17-19(12)3/h4-8,11H,9H2,1-3H3. The van der Waals surface area contributed by atoms with Crippen LogP contribution in [-0.4, -0.2) is 19.3 Å². The third-order valence-corrected chi connectivity index (χ3v) is 3.79. The Hall–Kier alpha value is -1.81. The first-order valence-electron chi connectivity index (χ1n) is 6.64. The first-order chi connectivity index (χ1) is 9.58. The van der Waals surface area contributed by atoms with Gasteiger partial charge < -0.3 is 4.57 Å². The first-order valence-corrected chi connectivity index (χ1v) is 7.08. The molecule has 2 heterocycles. The van der Waals surface area contributed by atoms with Gasteiger partial charge in [-0.05, 0) is 31.5 Å². The van der Waals surface area contributed by atoms with E-state index in [1.165, 1.54) is 5.56 Å². The van der Waals surface area contributed by atoms with Gasteiger partial charge >= 0.3 is 0 Å². The Morgan fingerprint density at radius 2 is 2.10 bits per heavy atom. The van der Waals surface area contributed by atoms with Crippen molar-refractivity contribution in [3.63, 3.8) is 0 Å².